The molecular formula is C132H91N9O2SSi3. The SMILES string of the molecule is C[Si]1(C)c2ccccc2-c2c(-c3cccc4c3oc3ccccc34)nc(-c3cccc4c3c3cc(-c5ccccc5)ccc3n4-c3ccccc3)nc21.C[Si]1(C)c2ccccc2-c2c(-c3cccc4c3oc3ccccc34)nc(-c3cccc4c3c3ccccc3n4-c3ccccc3)nc21.C[Si]1(C)c2ccccc2-c2c(-c3cccc4c3sc3ccccc34)nc(-c3cccc4c3c3ccccc3n4-c3ccccc3)nc21. The molecule has 19 aromatic carbocycles. The zero-order valence-corrected chi connectivity index (χ0v) is 85.2. The van der Waals surface area contributed by atoms with Crippen LogP contribution in [0.25, 0.3) is 259 Å². The molecule has 0 atom stereocenters. The van der Waals surface area contributed by atoms with Crippen LogP contribution in [0, 0.1) is 0 Å². The molecular weight excluding hydrogens is 1860 g/mol. The lowest BCUT2D eigenvalue weighted by molar-refractivity contribution is 0.669. The highest BCUT2D eigenvalue weighted by molar-refractivity contribution is 7.26. The van der Waals surface area contributed by atoms with E-state index >= 15 is 0 Å². The lowest BCUT2D eigenvalue weighted by Gasteiger charge is -2.19. The maximum atomic E-state index is 6.67. The highest BCUT2D eigenvalue weighted by atomic mass is 32.1. The van der Waals surface area contributed by atoms with Gasteiger partial charge in [-0.15, -0.1) is 11.3 Å². The minimum atomic E-state index is -2.22. The molecule has 12 heterocycles. The van der Waals surface area contributed by atoms with Crippen LogP contribution in [0.4, 0.5) is 0 Å². The van der Waals surface area contributed by atoms with E-state index < -0.39 is 24.2 Å². The molecule has 0 unspecified atom stereocenters. The second kappa shape index (κ2) is 33.2. The Bertz CT molecular complexity index is 10000. The van der Waals surface area contributed by atoms with Gasteiger partial charge >= 0.3 is 0 Å². The molecule has 11 nitrogen and oxygen atoms in total. The van der Waals surface area contributed by atoms with E-state index in [1.165, 1.54) is 118 Å². The van der Waals surface area contributed by atoms with Crippen molar-refractivity contribution in [3.8, 4) is 130 Å². The van der Waals surface area contributed by atoms with Gasteiger partial charge in [0, 0.05) is 157 Å². The molecule has 0 fully saturated rings. The fourth-order valence-corrected chi connectivity index (χ4v) is 34.4. The number of rotatable bonds is 10. The highest BCUT2D eigenvalue weighted by Gasteiger charge is 2.46. The smallest absolute Gasteiger partial charge is 0.160 e. The van der Waals surface area contributed by atoms with Crippen molar-refractivity contribution in [1.82, 2.24) is 43.6 Å². The number of benzene rings is 19. The number of thiophene rings is 1. The molecule has 0 bridgehead atoms. The molecule has 0 amide bonds. The van der Waals surface area contributed by atoms with Crippen molar-refractivity contribution in [1.29, 1.82) is 0 Å². The molecule has 694 valence electrons. The standard InChI is InChI=1S/C48H33N3OSi.C42H29N3OSi.C42H29N3SSi/c1-53(2)42-26-12-10-20-35(42)44-45(37-23-13-21-34-33-19-9-11-25-41(33)52-46(34)37)49-47(50-48(44)53)36-22-14-24-40-43(36)38-29-31(30-15-5-3-6-16-30)27-28-39(38)51(40)32-17-7-4-8-18-32;2*1-47(2)36-25-11-8-18-30(36)38-39(32-21-12-19-28-27-16-7-10-24-35(27)46-40(28)32)43-41(44-42(38)47)31-20-13-23-34-37(31)29-17-6-9-22-33(29)45(34)26-14-4-3-5-15-26/h3-29H,1-2H3;2*3-25H,1-2H3. The Balaban J connectivity index is 0.000000104. The third kappa shape index (κ3) is 13.1. The van der Waals surface area contributed by atoms with Crippen LogP contribution in [0.15, 0.2) is 452 Å². The summed E-state index contributed by atoms with van der Waals surface area (Å²) in [6.45, 7) is 14.6. The zero-order chi connectivity index (χ0) is 97.8. The van der Waals surface area contributed by atoms with Gasteiger partial charge in [0.2, 0.25) is 0 Å². The van der Waals surface area contributed by atoms with E-state index in [-0.39, 0.29) is 0 Å². The molecule has 0 spiro atoms. The minimum Gasteiger partial charge on any atom is -0.455 e. The topological polar surface area (TPSA) is 118 Å². The first-order valence-corrected chi connectivity index (χ1v) is 60.2. The third-order valence-corrected chi connectivity index (χ3v) is 42.4. The van der Waals surface area contributed by atoms with Gasteiger partial charge in [-0.05, 0) is 153 Å². The van der Waals surface area contributed by atoms with E-state index in [2.05, 4.69) is 472 Å². The van der Waals surface area contributed by atoms with Gasteiger partial charge in [0.15, 0.2) is 17.5 Å². The van der Waals surface area contributed by atoms with Crippen molar-refractivity contribution in [2.75, 3.05) is 0 Å². The first kappa shape index (κ1) is 86.0. The van der Waals surface area contributed by atoms with Gasteiger partial charge < -0.3 is 22.5 Å². The van der Waals surface area contributed by atoms with Gasteiger partial charge in [0.05, 0.1) is 50.2 Å². The molecule has 0 radical (unpaired) electrons. The summed E-state index contributed by atoms with van der Waals surface area (Å²) in [6.07, 6.45) is 0. The Morgan fingerprint density at radius 3 is 0.959 bits per heavy atom. The molecule has 9 aromatic heterocycles. The Morgan fingerprint density at radius 2 is 0.524 bits per heavy atom. The van der Waals surface area contributed by atoms with Crippen LogP contribution in [0.2, 0.25) is 39.3 Å². The van der Waals surface area contributed by atoms with E-state index in [0.717, 1.165) is 173 Å². The van der Waals surface area contributed by atoms with E-state index in [4.69, 9.17) is 38.7 Å². The zero-order valence-electron chi connectivity index (χ0n) is 81.4. The average Bonchev–Trinajstić information content (AvgIpc) is 1.55. The molecule has 31 rings (SSSR count). The number of fused-ring (bicyclic) bond motifs is 27. The van der Waals surface area contributed by atoms with E-state index in [0.29, 0.717) is 0 Å². The van der Waals surface area contributed by atoms with E-state index in [1.807, 2.05) is 35.6 Å². The molecule has 0 aliphatic carbocycles. The van der Waals surface area contributed by atoms with Gasteiger partial charge in [-0.25, -0.2) is 29.9 Å². The maximum absolute atomic E-state index is 6.67. The normalized spacial score (nSPS) is 13.4. The summed E-state index contributed by atoms with van der Waals surface area (Å²) in [6, 6.07) is 158. The van der Waals surface area contributed by atoms with Gasteiger partial charge in [-0.2, -0.15) is 0 Å². The van der Waals surface area contributed by atoms with Crippen LogP contribution >= 0.6 is 11.3 Å². The summed E-state index contributed by atoms with van der Waals surface area (Å²) in [7, 11) is -6.51. The molecule has 3 aliphatic rings. The van der Waals surface area contributed by atoms with Crippen LogP contribution in [0.1, 0.15) is 0 Å². The molecule has 147 heavy (non-hydrogen) atoms. The van der Waals surface area contributed by atoms with Crippen LogP contribution < -0.4 is 31.5 Å². The second-order valence-electron chi connectivity index (χ2n) is 40.5. The summed E-state index contributed by atoms with van der Waals surface area (Å²) < 4.78 is 23.0. The number of furan rings is 2. The Hall–Kier alpha value is -17.7. The Labute approximate surface area is 854 Å². The quantitative estimate of drug-likeness (QED) is 0.124. The predicted molar refractivity (Wildman–Crippen MR) is 621 cm³/mol. The minimum absolute atomic E-state index is 0.739. The fraction of sp³-hybridized carbons (Fsp3) is 0.0455. The number of hydrogen-bond acceptors (Lipinski definition) is 9. The summed E-state index contributed by atoms with van der Waals surface area (Å²) >= 11 is 1.86. The number of para-hydroxylation sites is 9. The van der Waals surface area contributed by atoms with Gasteiger partial charge in [0.25, 0.3) is 0 Å². The largest absolute Gasteiger partial charge is 0.455 e. The molecule has 0 saturated carbocycles. The van der Waals surface area contributed by atoms with Crippen LogP contribution in [-0.2, 0) is 0 Å². The van der Waals surface area contributed by atoms with Crippen molar-refractivity contribution < 1.29 is 8.83 Å². The summed E-state index contributed by atoms with van der Waals surface area (Å²) in [5.41, 5.74) is 32.6. The van der Waals surface area contributed by atoms with Crippen molar-refractivity contribution >= 4 is 197 Å². The highest BCUT2D eigenvalue weighted by Crippen LogP contribution is 2.51. The Morgan fingerprint density at radius 1 is 0.218 bits per heavy atom. The van der Waals surface area contributed by atoms with Gasteiger partial charge in [0.1, 0.15) is 46.6 Å². The van der Waals surface area contributed by atoms with Crippen molar-refractivity contribution in [2.24, 2.45) is 0 Å². The van der Waals surface area contributed by atoms with E-state index in [1.54, 1.807) is 0 Å². The lowest BCUT2D eigenvalue weighted by atomic mass is 9.98. The molecule has 3 aliphatic heterocycles. The molecule has 0 N–H and O–H groups in total. The van der Waals surface area contributed by atoms with Crippen LogP contribution in [0.5, 0.6) is 0 Å². The molecule has 28 aromatic rings. The third-order valence-electron chi connectivity index (χ3n) is 31.1. The predicted octanol–water partition coefficient (Wildman–Crippen LogP) is 31.0. The number of nitrogens with zero attached hydrogens (tertiary/aromatic N) is 9. The summed E-state index contributed by atoms with van der Waals surface area (Å²) in [5, 5.41) is 21.9. The van der Waals surface area contributed by atoms with Gasteiger partial charge in [-0.1, -0.05) is 373 Å². The van der Waals surface area contributed by atoms with Gasteiger partial charge in [-0.3, -0.25) is 0 Å². The van der Waals surface area contributed by atoms with Crippen molar-refractivity contribution in [2.45, 2.75) is 39.3 Å². The number of hydrogen-bond donors (Lipinski definition) is 0. The number of aromatic nitrogens is 9. The first-order valence-electron chi connectivity index (χ1n) is 50.4. The van der Waals surface area contributed by atoms with Crippen molar-refractivity contribution in [3.63, 3.8) is 0 Å². The summed E-state index contributed by atoms with van der Waals surface area (Å²) in [4.78, 5) is 33.6. The summed E-state index contributed by atoms with van der Waals surface area (Å²) in [5.74, 6) is 2.29. The van der Waals surface area contributed by atoms with Crippen LogP contribution in [0.3, 0.4) is 0 Å². The van der Waals surface area contributed by atoms with Crippen LogP contribution in [-0.4, -0.2) is 67.8 Å². The maximum Gasteiger partial charge on any atom is 0.160 e. The van der Waals surface area contributed by atoms with E-state index in [9.17, 15) is 0 Å². The fourth-order valence-electron chi connectivity index (χ4n) is 24.4. The molecule has 0 saturated heterocycles. The van der Waals surface area contributed by atoms with Crippen molar-refractivity contribution in [3.05, 3.63) is 443 Å². The second-order valence-corrected chi connectivity index (χ2v) is 54.3. The first-order chi connectivity index (χ1) is 72.2. The Kier molecular flexibility index (Phi) is 19.4. The monoisotopic (exact) mass is 1950 g/mol. The molecule has 15 heteroatoms. The average molecular weight is 1950 g/mol. The lowest BCUT2D eigenvalue weighted by Crippen LogP contribution is -2.50.